The summed E-state index contributed by atoms with van der Waals surface area (Å²) >= 11 is 0. The van der Waals surface area contributed by atoms with Crippen LogP contribution in [0, 0.1) is 12.3 Å². The van der Waals surface area contributed by atoms with Crippen LogP contribution in [-0.2, 0) is 0 Å². The molecule has 0 saturated heterocycles. The van der Waals surface area contributed by atoms with Gasteiger partial charge in [0, 0.05) is 6.42 Å². The Morgan fingerprint density at radius 2 is 1.74 bits per heavy atom. The standard InChI is InChI=1S/C17H14O2/c1-2-8-14(13-9-4-3-5-10-13)17(19)15-11-6-7-12-16(15)18/h1,3-7,9-12,14,18H,8H2. The lowest BCUT2D eigenvalue weighted by molar-refractivity contribution is 0.0958. The highest BCUT2D eigenvalue weighted by molar-refractivity contribution is 6.03. The van der Waals surface area contributed by atoms with Gasteiger partial charge in [-0.3, -0.25) is 4.79 Å². The van der Waals surface area contributed by atoms with Gasteiger partial charge in [-0.15, -0.1) is 12.3 Å². The molecule has 94 valence electrons. The van der Waals surface area contributed by atoms with Gasteiger partial charge in [-0.05, 0) is 17.7 Å². The molecule has 0 aliphatic heterocycles. The molecule has 0 saturated carbocycles. The molecule has 1 atom stereocenters. The topological polar surface area (TPSA) is 37.3 Å². The first-order valence-electron chi connectivity index (χ1n) is 6.04. The summed E-state index contributed by atoms with van der Waals surface area (Å²) in [5.74, 6) is 1.96. The van der Waals surface area contributed by atoms with Crippen molar-refractivity contribution in [3.8, 4) is 18.1 Å². The van der Waals surface area contributed by atoms with Crippen molar-refractivity contribution in [2.24, 2.45) is 0 Å². The number of para-hydroxylation sites is 1. The van der Waals surface area contributed by atoms with E-state index in [1.165, 1.54) is 6.07 Å². The average molecular weight is 250 g/mol. The van der Waals surface area contributed by atoms with E-state index in [2.05, 4.69) is 5.92 Å². The van der Waals surface area contributed by atoms with Gasteiger partial charge in [0.1, 0.15) is 5.75 Å². The SMILES string of the molecule is C#CCC(C(=O)c1ccccc1O)c1ccccc1. The highest BCUT2D eigenvalue weighted by Crippen LogP contribution is 2.27. The molecular formula is C17H14O2. The maximum absolute atomic E-state index is 12.5. The molecule has 0 aliphatic rings. The largest absolute Gasteiger partial charge is 0.507 e. The third-order valence-electron chi connectivity index (χ3n) is 3.01. The minimum Gasteiger partial charge on any atom is -0.507 e. The quantitative estimate of drug-likeness (QED) is 0.667. The summed E-state index contributed by atoms with van der Waals surface area (Å²) in [7, 11) is 0. The normalized spacial score (nSPS) is 11.5. The third kappa shape index (κ3) is 2.83. The summed E-state index contributed by atoms with van der Waals surface area (Å²) in [5.41, 5.74) is 1.18. The highest BCUT2D eigenvalue weighted by atomic mass is 16.3. The number of ketones is 1. The van der Waals surface area contributed by atoms with Gasteiger partial charge < -0.3 is 5.11 Å². The second-order valence-corrected chi connectivity index (χ2v) is 4.25. The summed E-state index contributed by atoms with van der Waals surface area (Å²) in [6.45, 7) is 0. The maximum Gasteiger partial charge on any atom is 0.174 e. The van der Waals surface area contributed by atoms with Crippen molar-refractivity contribution in [1.82, 2.24) is 0 Å². The van der Waals surface area contributed by atoms with Crippen LogP contribution in [0.25, 0.3) is 0 Å². The lowest BCUT2D eigenvalue weighted by atomic mass is 9.88. The molecule has 0 amide bonds. The van der Waals surface area contributed by atoms with Crippen LogP contribution in [0.2, 0.25) is 0 Å². The monoisotopic (exact) mass is 250 g/mol. The molecule has 2 nitrogen and oxygen atoms in total. The van der Waals surface area contributed by atoms with Crippen molar-refractivity contribution in [3.63, 3.8) is 0 Å². The lowest BCUT2D eigenvalue weighted by Gasteiger charge is -2.14. The molecule has 0 heterocycles. The van der Waals surface area contributed by atoms with Gasteiger partial charge in [0.2, 0.25) is 0 Å². The fraction of sp³-hybridized carbons (Fsp3) is 0.118. The fourth-order valence-corrected chi connectivity index (χ4v) is 2.03. The summed E-state index contributed by atoms with van der Waals surface area (Å²) in [6.07, 6.45) is 5.67. The predicted octanol–water partition coefficient (Wildman–Crippen LogP) is 3.38. The lowest BCUT2D eigenvalue weighted by Crippen LogP contribution is -2.12. The number of aromatic hydroxyl groups is 1. The van der Waals surface area contributed by atoms with Crippen LogP contribution in [-0.4, -0.2) is 10.9 Å². The van der Waals surface area contributed by atoms with E-state index in [-0.39, 0.29) is 11.5 Å². The molecule has 1 unspecified atom stereocenters. The number of carbonyl (C=O) groups is 1. The first-order chi connectivity index (χ1) is 9.24. The van der Waals surface area contributed by atoms with Crippen molar-refractivity contribution in [1.29, 1.82) is 0 Å². The number of phenols is 1. The average Bonchev–Trinajstić information content (AvgIpc) is 2.45. The Hall–Kier alpha value is -2.53. The second-order valence-electron chi connectivity index (χ2n) is 4.25. The van der Waals surface area contributed by atoms with Gasteiger partial charge in [0.25, 0.3) is 0 Å². The summed E-state index contributed by atoms with van der Waals surface area (Å²) < 4.78 is 0. The molecule has 2 heteroatoms. The Labute approximate surface area is 112 Å². The van der Waals surface area contributed by atoms with Crippen molar-refractivity contribution in [2.75, 3.05) is 0 Å². The molecule has 2 aromatic carbocycles. The van der Waals surface area contributed by atoms with Gasteiger partial charge in [-0.2, -0.15) is 0 Å². The molecule has 2 aromatic rings. The van der Waals surface area contributed by atoms with Crippen LogP contribution >= 0.6 is 0 Å². The molecular weight excluding hydrogens is 236 g/mol. The zero-order valence-electron chi connectivity index (χ0n) is 10.4. The molecule has 19 heavy (non-hydrogen) atoms. The minimum absolute atomic E-state index is 0.00884. The Morgan fingerprint density at radius 3 is 2.37 bits per heavy atom. The smallest absolute Gasteiger partial charge is 0.174 e. The zero-order chi connectivity index (χ0) is 13.7. The van der Waals surface area contributed by atoms with Crippen molar-refractivity contribution < 1.29 is 9.90 Å². The van der Waals surface area contributed by atoms with Crippen LogP contribution in [0.3, 0.4) is 0 Å². The van der Waals surface area contributed by atoms with Gasteiger partial charge in [0.05, 0.1) is 11.5 Å². The second kappa shape index (κ2) is 5.88. The highest BCUT2D eigenvalue weighted by Gasteiger charge is 2.23. The zero-order valence-corrected chi connectivity index (χ0v) is 10.4. The number of benzene rings is 2. The number of carbonyl (C=O) groups excluding carboxylic acids is 1. The Bertz CT molecular complexity index is 609. The van der Waals surface area contributed by atoms with E-state index in [1.807, 2.05) is 30.3 Å². The number of rotatable bonds is 4. The Morgan fingerprint density at radius 1 is 1.11 bits per heavy atom. The van der Waals surface area contributed by atoms with Gasteiger partial charge >= 0.3 is 0 Å². The first-order valence-corrected chi connectivity index (χ1v) is 6.04. The Kier molecular flexibility index (Phi) is 4.00. The van der Waals surface area contributed by atoms with E-state index in [0.29, 0.717) is 12.0 Å². The third-order valence-corrected chi connectivity index (χ3v) is 3.01. The number of phenolic OH excluding ortho intramolecular Hbond substituents is 1. The van der Waals surface area contributed by atoms with Gasteiger partial charge in [0.15, 0.2) is 5.78 Å². The van der Waals surface area contributed by atoms with Crippen LogP contribution in [0.15, 0.2) is 54.6 Å². The molecule has 0 radical (unpaired) electrons. The van der Waals surface area contributed by atoms with Gasteiger partial charge in [-0.25, -0.2) is 0 Å². The fourth-order valence-electron chi connectivity index (χ4n) is 2.03. The molecule has 0 aliphatic carbocycles. The van der Waals surface area contributed by atoms with Crippen LogP contribution in [0.4, 0.5) is 0 Å². The number of terminal acetylenes is 1. The summed E-state index contributed by atoms with van der Waals surface area (Å²) in [6, 6.07) is 15.9. The van der Waals surface area contributed by atoms with Crippen LogP contribution in [0.1, 0.15) is 28.3 Å². The molecule has 0 fully saturated rings. The first kappa shape index (κ1) is 12.9. The Balaban J connectivity index is 2.39. The summed E-state index contributed by atoms with van der Waals surface area (Å²) in [4.78, 5) is 12.5. The minimum atomic E-state index is -0.417. The molecule has 0 bridgehead atoms. The van der Waals surface area contributed by atoms with Crippen LogP contribution in [0.5, 0.6) is 5.75 Å². The number of hydrogen-bond acceptors (Lipinski definition) is 2. The van der Waals surface area contributed by atoms with E-state index in [0.717, 1.165) is 5.56 Å². The van der Waals surface area contributed by atoms with Crippen molar-refractivity contribution in [3.05, 3.63) is 65.7 Å². The number of Topliss-reactive ketones (excluding diaryl/α,β-unsaturated/α-hetero) is 1. The molecule has 1 N–H and O–H groups in total. The number of hydrogen-bond donors (Lipinski definition) is 1. The molecule has 0 spiro atoms. The predicted molar refractivity (Wildman–Crippen MR) is 75.1 cm³/mol. The van der Waals surface area contributed by atoms with Crippen molar-refractivity contribution in [2.45, 2.75) is 12.3 Å². The van der Waals surface area contributed by atoms with E-state index in [1.54, 1.807) is 18.2 Å². The van der Waals surface area contributed by atoms with Gasteiger partial charge in [-0.1, -0.05) is 42.5 Å². The molecule has 0 aromatic heterocycles. The molecule has 2 rings (SSSR count). The van der Waals surface area contributed by atoms with E-state index < -0.39 is 5.92 Å². The van der Waals surface area contributed by atoms with Crippen molar-refractivity contribution >= 4 is 5.78 Å². The van der Waals surface area contributed by atoms with E-state index in [4.69, 9.17) is 6.42 Å². The van der Waals surface area contributed by atoms with Crippen LogP contribution < -0.4 is 0 Å². The maximum atomic E-state index is 12.5. The van der Waals surface area contributed by atoms with E-state index in [9.17, 15) is 9.90 Å². The summed E-state index contributed by atoms with van der Waals surface area (Å²) in [5, 5.41) is 9.77. The van der Waals surface area contributed by atoms with E-state index >= 15 is 0 Å².